The molecular formula is C27H26N10O4S. The molecular weight excluding hydrogens is 560 g/mol. The second-order valence-electron chi connectivity index (χ2n) is 8.76. The lowest BCUT2D eigenvalue weighted by molar-refractivity contribution is -0.128. The van der Waals surface area contributed by atoms with Gasteiger partial charge in [-0.1, -0.05) is 31.8 Å². The molecule has 0 saturated heterocycles. The van der Waals surface area contributed by atoms with Crippen LogP contribution in [0.25, 0.3) is 12.2 Å². The topological polar surface area (TPSA) is 203 Å². The molecule has 3 aromatic heterocycles. The molecule has 42 heavy (non-hydrogen) atoms. The minimum absolute atomic E-state index is 0. The molecule has 7 heterocycles. The molecule has 214 valence electrons. The fourth-order valence-electron chi connectivity index (χ4n) is 4.20. The largest absolute Gasteiger partial charge is 0.331 e. The van der Waals surface area contributed by atoms with Crippen molar-refractivity contribution in [2.24, 2.45) is 15.0 Å². The number of imide groups is 1. The van der Waals surface area contributed by atoms with E-state index in [0.29, 0.717) is 51.7 Å². The number of aliphatic imine (C=N–C) groups is 1. The zero-order valence-corrected chi connectivity index (χ0v) is 22.2. The van der Waals surface area contributed by atoms with E-state index in [1.807, 2.05) is 12.2 Å². The Balaban J connectivity index is 0.000000128. The summed E-state index contributed by atoms with van der Waals surface area (Å²) in [6.45, 7) is 1.30. The first-order valence-corrected chi connectivity index (χ1v) is 12.8. The zero-order chi connectivity index (χ0) is 28.8. The third-order valence-electron chi connectivity index (χ3n) is 6.15. The van der Waals surface area contributed by atoms with E-state index in [9.17, 15) is 19.2 Å². The minimum atomic E-state index is -0.245. The smallest absolute Gasteiger partial charge is 0.259 e. The molecule has 2 amide bonds. The van der Waals surface area contributed by atoms with Gasteiger partial charge in [0.25, 0.3) is 17.0 Å². The first-order valence-electron chi connectivity index (χ1n) is 12.4. The highest BCUT2D eigenvalue weighted by Gasteiger charge is 2.24. The molecule has 4 aliphatic heterocycles. The van der Waals surface area contributed by atoms with Crippen molar-refractivity contribution in [3.8, 4) is 0 Å². The molecule has 0 spiro atoms. The minimum Gasteiger partial charge on any atom is -0.331 e. The van der Waals surface area contributed by atoms with E-state index >= 15 is 0 Å². The lowest BCUT2D eigenvalue weighted by Gasteiger charge is -2.12. The number of fused-ring (bicyclic) bond motifs is 3. The highest BCUT2D eigenvalue weighted by Crippen LogP contribution is 2.24. The van der Waals surface area contributed by atoms with Crippen LogP contribution in [0.3, 0.4) is 0 Å². The number of aromatic nitrogens is 6. The average Bonchev–Trinajstić information content (AvgIpc) is 3.77. The highest BCUT2D eigenvalue weighted by atomic mass is 32.1. The van der Waals surface area contributed by atoms with Crippen LogP contribution in [-0.2, 0) is 16.0 Å². The number of aromatic amines is 3. The number of carbonyl (C=O) groups excluding carboxylic acids is 2. The van der Waals surface area contributed by atoms with Crippen LogP contribution in [0.15, 0.2) is 66.8 Å². The Hall–Kier alpha value is -5.31. The molecule has 0 atom stereocenters. The first kappa shape index (κ1) is 29.7. The van der Waals surface area contributed by atoms with Crippen molar-refractivity contribution in [1.82, 2.24) is 35.2 Å². The Morgan fingerprint density at radius 2 is 1.55 bits per heavy atom. The number of H-pyrrole nitrogens is 3. The van der Waals surface area contributed by atoms with Crippen LogP contribution in [0.5, 0.6) is 0 Å². The van der Waals surface area contributed by atoms with Gasteiger partial charge in [-0.05, 0) is 24.1 Å². The molecule has 0 aromatic carbocycles. The predicted octanol–water partition coefficient (Wildman–Crippen LogP) is -1.31. The molecule has 0 saturated carbocycles. The fraction of sp³-hybridized carbons (Fsp3) is 0.222. The van der Waals surface area contributed by atoms with E-state index in [1.165, 1.54) is 12.7 Å². The number of hydrogen-bond donors (Lipinski definition) is 4. The number of rotatable bonds is 0. The van der Waals surface area contributed by atoms with Crippen molar-refractivity contribution in [3.63, 3.8) is 0 Å². The predicted molar refractivity (Wildman–Crippen MR) is 156 cm³/mol. The van der Waals surface area contributed by atoms with Crippen LogP contribution in [-0.4, -0.2) is 61.0 Å². The van der Waals surface area contributed by atoms with Crippen LogP contribution in [0, 0.1) is 4.64 Å². The first-order chi connectivity index (χ1) is 19.9. The van der Waals surface area contributed by atoms with Gasteiger partial charge in [-0.3, -0.25) is 34.5 Å². The van der Waals surface area contributed by atoms with E-state index in [1.54, 1.807) is 24.7 Å². The number of hydrogen-bond acceptors (Lipinski definition) is 11. The molecule has 0 radical (unpaired) electrons. The van der Waals surface area contributed by atoms with Gasteiger partial charge < -0.3 is 15.0 Å². The number of amides is 2. The van der Waals surface area contributed by atoms with Gasteiger partial charge in [-0.15, -0.1) is 0 Å². The van der Waals surface area contributed by atoms with Gasteiger partial charge in [0, 0.05) is 24.6 Å². The van der Waals surface area contributed by atoms with E-state index in [-0.39, 0.29) is 30.4 Å². The molecule has 8 rings (SSSR count). The Kier molecular flexibility index (Phi) is 9.44. The van der Waals surface area contributed by atoms with Crippen molar-refractivity contribution in [3.05, 3.63) is 94.6 Å². The summed E-state index contributed by atoms with van der Waals surface area (Å²) in [5, 5.41) is 3.83. The third-order valence-corrected chi connectivity index (χ3v) is 6.48. The maximum absolute atomic E-state index is 11.0. The SMILES string of the molecule is C.O=C1CC2=C(C=CC2)C(=O)N1.O=c1[nH]cnc2c1=CCN=2.O=c1[nH]cnc2c1CC=N2.S=c1nc[nH]c2c1=CCN=2. The van der Waals surface area contributed by atoms with Gasteiger partial charge >= 0.3 is 0 Å². The van der Waals surface area contributed by atoms with Crippen LogP contribution in [0.1, 0.15) is 25.8 Å². The van der Waals surface area contributed by atoms with Crippen LogP contribution < -0.4 is 37.8 Å². The summed E-state index contributed by atoms with van der Waals surface area (Å²) in [5.74, 6) is 0.131. The second kappa shape index (κ2) is 13.4. The van der Waals surface area contributed by atoms with Crippen LogP contribution >= 0.6 is 12.2 Å². The Morgan fingerprint density at radius 3 is 2.33 bits per heavy atom. The average molecular weight is 587 g/mol. The summed E-state index contributed by atoms with van der Waals surface area (Å²) < 4.78 is 0.634. The fourth-order valence-corrected chi connectivity index (χ4v) is 4.43. The number of allylic oxidation sites excluding steroid dienone is 1. The quantitative estimate of drug-likeness (QED) is 0.183. The number of nitrogens with one attached hydrogen (secondary N) is 4. The van der Waals surface area contributed by atoms with Crippen molar-refractivity contribution in [2.45, 2.75) is 26.7 Å². The standard InChI is InChI=1S/C8H7NO2.2C6H5N3O.C6H5N3S.CH4/c10-7-4-5-2-1-3-6(5)8(11)9-7;3*10-6-4-1-2-7-5(4)8-3-9-6;/h1,3H,2,4H2,(H,9,10,11);2-3H,1H2,(H,8,9,10);2*1,3H,2H2,(H,7,8,9,10);1H4. The van der Waals surface area contributed by atoms with E-state index < -0.39 is 0 Å². The van der Waals surface area contributed by atoms with Gasteiger partial charge in [-0.2, -0.15) is 0 Å². The van der Waals surface area contributed by atoms with Crippen molar-refractivity contribution in [1.29, 1.82) is 0 Å². The molecule has 4 N–H and O–H groups in total. The number of nitrogens with zero attached hydrogens (tertiary/aromatic N) is 6. The van der Waals surface area contributed by atoms with Gasteiger partial charge in [0.1, 0.15) is 10.1 Å². The molecule has 5 aliphatic rings. The summed E-state index contributed by atoms with van der Waals surface area (Å²) in [5.41, 5.74) is 3.54. The second-order valence-corrected chi connectivity index (χ2v) is 9.14. The summed E-state index contributed by atoms with van der Waals surface area (Å²) >= 11 is 4.96. The molecule has 0 fully saturated rings. The van der Waals surface area contributed by atoms with E-state index in [0.717, 1.165) is 29.2 Å². The zero-order valence-electron chi connectivity index (χ0n) is 21.4. The van der Waals surface area contributed by atoms with Gasteiger partial charge in [0.15, 0.2) is 11.3 Å². The Morgan fingerprint density at radius 1 is 0.810 bits per heavy atom. The van der Waals surface area contributed by atoms with Crippen molar-refractivity contribution < 1.29 is 9.59 Å². The molecule has 15 heteroatoms. The maximum atomic E-state index is 11.0. The summed E-state index contributed by atoms with van der Waals surface area (Å²) in [7, 11) is 0. The maximum Gasteiger partial charge on any atom is 0.259 e. The lowest BCUT2D eigenvalue weighted by Crippen LogP contribution is -2.40. The highest BCUT2D eigenvalue weighted by molar-refractivity contribution is 7.71. The summed E-state index contributed by atoms with van der Waals surface area (Å²) in [4.78, 5) is 75.3. The molecule has 3 aromatic rings. The normalized spacial score (nSPS) is 15.5. The number of carbonyl (C=O) groups is 2. The Bertz CT molecular complexity index is 1990. The van der Waals surface area contributed by atoms with Crippen molar-refractivity contribution >= 4 is 48.2 Å². The third kappa shape index (κ3) is 6.69. The summed E-state index contributed by atoms with van der Waals surface area (Å²) in [6, 6.07) is 0. The van der Waals surface area contributed by atoms with Crippen LogP contribution in [0.4, 0.5) is 5.82 Å². The van der Waals surface area contributed by atoms with E-state index in [4.69, 9.17) is 12.2 Å². The van der Waals surface area contributed by atoms with Gasteiger partial charge in [0.05, 0.1) is 48.1 Å². The molecule has 14 nitrogen and oxygen atoms in total. The van der Waals surface area contributed by atoms with Crippen molar-refractivity contribution in [2.75, 3.05) is 13.1 Å². The lowest BCUT2D eigenvalue weighted by atomic mass is 10.0. The molecule has 0 bridgehead atoms. The van der Waals surface area contributed by atoms with Gasteiger partial charge in [-0.25, -0.2) is 19.9 Å². The Labute approximate surface area is 242 Å². The summed E-state index contributed by atoms with van der Waals surface area (Å²) in [6.07, 6.45) is 15.2. The van der Waals surface area contributed by atoms with E-state index in [2.05, 4.69) is 50.2 Å². The van der Waals surface area contributed by atoms with Crippen LogP contribution in [0.2, 0.25) is 0 Å². The molecule has 1 aliphatic carbocycles. The monoisotopic (exact) mass is 586 g/mol. The van der Waals surface area contributed by atoms with Gasteiger partial charge in [0.2, 0.25) is 5.91 Å². The molecule has 0 unspecified atom stereocenters.